The predicted molar refractivity (Wildman–Crippen MR) is 41.0 cm³/mol. The van der Waals surface area contributed by atoms with Gasteiger partial charge < -0.3 is 14.6 Å². The number of rotatable bonds is 2. The number of hydrogen-bond donors (Lipinski definition) is 1. The second-order valence-electron chi connectivity index (χ2n) is 2.40. The summed E-state index contributed by atoms with van der Waals surface area (Å²) in [5, 5.41) is 8.76. The fourth-order valence-electron chi connectivity index (χ4n) is 0.874. The Morgan fingerprint density at radius 3 is 2.92 bits per heavy atom. The van der Waals surface area contributed by atoms with Gasteiger partial charge in [0.1, 0.15) is 0 Å². The van der Waals surface area contributed by atoms with Crippen LogP contribution in [0.1, 0.15) is 6.92 Å². The third-order valence-corrected chi connectivity index (χ3v) is 1.52. The largest absolute Gasteiger partial charge is 0.493 e. The van der Waals surface area contributed by atoms with Crippen LogP contribution in [0.3, 0.4) is 0 Å². The van der Waals surface area contributed by atoms with Gasteiger partial charge in [0.15, 0.2) is 11.5 Å². The molecule has 12 heavy (non-hydrogen) atoms. The molecule has 1 rings (SSSR count). The van der Waals surface area contributed by atoms with E-state index in [1.54, 1.807) is 6.92 Å². The van der Waals surface area contributed by atoms with Gasteiger partial charge in [-0.15, -0.1) is 0 Å². The zero-order valence-electron chi connectivity index (χ0n) is 6.96. The number of methoxy groups -OCH3 is 1. The van der Waals surface area contributed by atoms with Gasteiger partial charge in [0.2, 0.25) is 0 Å². The molecule has 1 aliphatic heterocycles. The third kappa shape index (κ3) is 1.48. The van der Waals surface area contributed by atoms with Crippen LogP contribution in [0.15, 0.2) is 23.2 Å². The summed E-state index contributed by atoms with van der Waals surface area (Å²) in [6.45, 7) is 1.52. The number of carbonyl (C=O) groups excluding carboxylic acids is 1. The second-order valence-corrected chi connectivity index (χ2v) is 2.40. The average Bonchev–Trinajstić information content (AvgIpc) is 2.45. The number of esters is 1. The van der Waals surface area contributed by atoms with Crippen molar-refractivity contribution in [2.24, 2.45) is 0 Å². The SMILES string of the molecule is COC1=CC(=O)O/C1=C(/C)CO. The molecule has 0 fully saturated rings. The fourth-order valence-corrected chi connectivity index (χ4v) is 0.874. The topological polar surface area (TPSA) is 55.8 Å². The maximum atomic E-state index is 10.7. The van der Waals surface area contributed by atoms with E-state index in [1.165, 1.54) is 13.2 Å². The summed E-state index contributed by atoms with van der Waals surface area (Å²) in [6, 6.07) is 0. The van der Waals surface area contributed by atoms with Crippen LogP contribution in [0.5, 0.6) is 0 Å². The summed E-state index contributed by atoms with van der Waals surface area (Å²) in [5.41, 5.74) is 0.578. The Morgan fingerprint density at radius 1 is 1.75 bits per heavy atom. The molecule has 0 aromatic carbocycles. The van der Waals surface area contributed by atoms with Gasteiger partial charge in [0, 0.05) is 0 Å². The van der Waals surface area contributed by atoms with E-state index in [-0.39, 0.29) is 6.61 Å². The van der Waals surface area contributed by atoms with Crippen molar-refractivity contribution in [1.82, 2.24) is 0 Å². The van der Waals surface area contributed by atoms with Crippen molar-refractivity contribution in [3.05, 3.63) is 23.2 Å². The third-order valence-electron chi connectivity index (χ3n) is 1.52. The van der Waals surface area contributed by atoms with Crippen molar-refractivity contribution in [1.29, 1.82) is 0 Å². The predicted octanol–water partition coefficient (Wildman–Crippen LogP) is 0.340. The summed E-state index contributed by atoms with van der Waals surface area (Å²) in [4.78, 5) is 10.7. The van der Waals surface area contributed by atoms with Gasteiger partial charge in [-0.3, -0.25) is 0 Å². The number of ether oxygens (including phenoxy) is 2. The van der Waals surface area contributed by atoms with E-state index in [0.29, 0.717) is 17.1 Å². The molecule has 4 nitrogen and oxygen atoms in total. The number of hydrogen-bond acceptors (Lipinski definition) is 4. The van der Waals surface area contributed by atoms with Crippen molar-refractivity contribution in [2.45, 2.75) is 6.92 Å². The molecule has 0 aliphatic carbocycles. The first-order valence-corrected chi connectivity index (χ1v) is 3.47. The van der Waals surface area contributed by atoms with E-state index in [9.17, 15) is 4.79 Å². The highest BCUT2D eigenvalue weighted by Gasteiger charge is 2.22. The average molecular weight is 170 g/mol. The minimum atomic E-state index is -0.463. The minimum absolute atomic E-state index is 0.149. The summed E-state index contributed by atoms with van der Waals surface area (Å²) < 4.78 is 9.64. The number of cyclic esters (lactones) is 1. The Labute approximate surface area is 70.1 Å². The smallest absolute Gasteiger partial charge is 0.340 e. The van der Waals surface area contributed by atoms with Crippen LogP contribution < -0.4 is 0 Å². The van der Waals surface area contributed by atoms with Crippen molar-refractivity contribution >= 4 is 5.97 Å². The van der Waals surface area contributed by atoms with Gasteiger partial charge in [-0.1, -0.05) is 0 Å². The first kappa shape index (κ1) is 8.80. The van der Waals surface area contributed by atoms with Crippen molar-refractivity contribution in [3.63, 3.8) is 0 Å². The molecular formula is C8H10O4. The van der Waals surface area contributed by atoms with Crippen LogP contribution in [0.25, 0.3) is 0 Å². The lowest BCUT2D eigenvalue weighted by atomic mass is 10.2. The summed E-state index contributed by atoms with van der Waals surface area (Å²) >= 11 is 0. The molecule has 1 heterocycles. The van der Waals surface area contributed by atoms with Gasteiger partial charge in [-0.2, -0.15) is 0 Å². The fraction of sp³-hybridized carbons (Fsp3) is 0.375. The lowest BCUT2D eigenvalue weighted by molar-refractivity contribution is -0.132. The van der Waals surface area contributed by atoms with Gasteiger partial charge in [-0.25, -0.2) is 4.79 Å². The zero-order valence-corrected chi connectivity index (χ0v) is 6.96. The van der Waals surface area contributed by atoms with E-state index in [2.05, 4.69) is 0 Å². The molecule has 0 saturated heterocycles. The van der Waals surface area contributed by atoms with E-state index in [4.69, 9.17) is 14.6 Å². The summed E-state index contributed by atoms with van der Waals surface area (Å²) in [7, 11) is 1.44. The number of aliphatic hydroxyl groups excluding tert-OH is 1. The Bertz CT molecular complexity index is 262. The Kier molecular flexibility index (Phi) is 2.50. The Morgan fingerprint density at radius 2 is 2.42 bits per heavy atom. The number of carbonyl (C=O) groups is 1. The molecule has 0 amide bonds. The maximum absolute atomic E-state index is 10.7. The lowest BCUT2D eigenvalue weighted by Gasteiger charge is -2.05. The van der Waals surface area contributed by atoms with Gasteiger partial charge in [-0.05, 0) is 12.5 Å². The summed E-state index contributed by atoms with van der Waals surface area (Å²) in [6.07, 6.45) is 1.24. The van der Waals surface area contributed by atoms with Crippen molar-refractivity contribution < 1.29 is 19.4 Å². The van der Waals surface area contributed by atoms with Gasteiger partial charge >= 0.3 is 5.97 Å². The maximum Gasteiger partial charge on any atom is 0.340 e. The number of aliphatic hydroxyl groups is 1. The second kappa shape index (κ2) is 3.40. The zero-order chi connectivity index (χ0) is 9.14. The molecule has 4 heteroatoms. The quantitative estimate of drug-likeness (QED) is 0.607. The van der Waals surface area contributed by atoms with E-state index >= 15 is 0 Å². The lowest BCUT2D eigenvalue weighted by Crippen LogP contribution is -1.98. The highest BCUT2D eigenvalue weighted by Crippen LogP contribution is 2.22. The summed E-state index contributed by atoms with van der Waals surface area (Å²) in [5.74, 6) is 0.228. The van der Waals surface area contributed by atoms with Gasteiger partial charge in [0.25, 0.3) is 0 Å². The molecule has 0 saturated carbocycles. The van der Waals surface area contributed by atoms with Crippen LogP contribution in [0.2, 0.25) is 0 Å². The normalized spacial score (nSPS) is 20.2. The molecule has 0 atom stereocenters. The highest BCUT2D eigenvalue weighted by molar-refractivity contribution is 5.87. The van der Waals surface area contributed by atoms with Gasteiger partial charge in [0.05, 0.1) is 19.8 Å². The molecular weight excluding hydrogens is 160 g/mol. The molecule has 0 unspecified atom stereocenters. The highest BCUT2D eigenvalue weighted by atomic mass is 16.6. The molecule has 66 valence electrons. The van der Waals surface area contributed by atoms with Crippen LogP contribution in [0.4, 0.5) is 0 Å². The first-order chi connectivity index (χ1) is 5.69. The van der Waals surface area contributed by atoms with Crippen LogP contribution in [-0.2, 0) is 14.3 Å². The van der Waals surface area contributed by atoms with Crippen LogP contribution >= 0.6 is 0 Å². The molecule has 1 aliphatic rings. The monoisotopic (exact) mass is 170 g/mol. The van der Waals surface area contributed by atoms with E-state index in [1.807, 2.05) is 0 Å². The van der Waals surface area contributed by atoms with Crippen LogP contribution in [-0.4, -0.2) is 24.8 Å². The molecule has 0 aromatic heterocycles. The van der Waals surface area contributed by atoms with Crippen molar-refractivity contribution in [3.8, 4) is 0 Å². The first-order valence-electron chi connectivity index (χ1n) is 3.47. The Balaban J connectivity index is 2.96. The molecule has 1 N–H and O–H groups in total. The molecule has 0 spiro atoms. The van der Waals surface area contributed by atoms with E-state index in [0.717, 1.165) is 0 Å². The van der Waals surface area contributed by atoms with Crippen molar-refractivity contribution in [2.75, 3.05) is 13.7 Å². The van der Waals surface area contributed by atoms with Crippen LogP contribution in [0, 0.1) is 0 Å². The molecule has 0 bridgehead atoms. The Hall–Kier alpha value is -1.29. The molecule has 0 radical (unpaired) electrons. The standard InChI is InChI=1S/C8H10O4/c1-5(4-9)8-6(11-2)3-7(10)12-8/h3,9H,4H2,1-2H3/b8-5-. The minimum Gasteiger partial charge on any atom is -0.493 e. The van der Waals surface area contributed by atoms with E-state index < -0.39 is 5.97 Å². The molecule has 0 aromatic rings.